The van der Waals surface area contributed by atoms with Crippen LogP contribution < -0.4 is 10.1 Å². The molecule has 0 aromatic heterocycles. The number of amides is 3. The molecule has 0 radical (unpaired) electrons. The number of ether oxygens (including phenoxy) is 1. The van der Waals surface area contributed by atoms with E-state index in [1.807, 2.05) is 36.4 Å². The van der Waals surface area contributed by atoms with Crippen LogP contribution in [0.3, 0.4) is 0 Å². The van der Waals surface area contributed by atoms with Crippen LogP contribution in [0.25, 0.3) is 0 Å². The number of hydrogen-bond donors (Lipinski definition) is 1. The molecular weight excluding hydrogens is 480 g/mol. The van der Waals surface area contributed by atoms with Gasteiger partial charge in [-0.05, 0) is 73.6 Å². The lowest BCUT2D eigenvalue weighted by molar-refractivity contribution is -0.160. The van der Waals surface area contributed by atoms with Crippen molar-refractivity contribution in [1.82, 2.24) is 15.1 Å². The van der Waals surface area contributed by atoms with E-state index in [0.717, 1.165) is 43.7 Å². The zero-order valence-electron chi connectivity index (χ0n) is 21.2. The van der Waals surface area contributed by atoms with Gasteiger partial charge in [0.05, 0.1) is 11.6 Å². The van der Waals surface area contributed by atoms with Gasteiger partial charge in [0.2, 0.25) is 5.91 Å². The van der Waals surface area contributed by atoms with E-state index in [2.05, 4.69) is 22.4 Å². The molecule has 5 fully saturated rings. The quantitative estimate of drug-likeness (QED) is 0.620. The maximum Gasteiger partial charge on any atom is 0.255 e. The predicted octanol–water partition coefficient (Wildman–Crippen LogP) is 3.11. The lowest BCUT2D eigenvalue weighted by Crippen LogP contribution is -2.73. The molecule has 3 saturated heterocycles. The van der Waals surface area contributed by atoms with Crippen molar-refractivity contribution >= 4 is 17.7 Å². The zero-order valence-corrected chi connectivity index (χ0v) is 21.2. The summed E-state index contributed by atoms with van der Waals surface area (Å²) in [6, 6.07) is 16.2. The highest BCUT2D eigenvalue weighted by Gasteiger charge is 2.63. The number of piperidine rings is 2. The van der Waals surface area contributed by atoms with E-state index in [-0.39, 0.29) is 29.7 Å². The molecule has 8 rings (SSSR count). The number of benzene rings is 2. The summed E-state index contributed by atoms with van der Waals surface area (Å²) in [6.45, 7) is 2.31. The molecule has 2 aliphatic carbocycles. The van der Waals surface area contributed by atoms with Gasteiger partial charge in [-0.2, -0.15) is 5.26 Å². The second-order valence-electron chi connectivity index (χ2n) is 11.6. The number of nitriles is 1. The third-order valence-electron chi connectivity index (χ3n) is 9.42. The summed E-state index contributed by atoms with van der Waals surface area (Å²) in [6.07, 6.45) is 5.35. The first-order valence-electron chi connectivity index (χ1n) is 13.7. The van der Waals surface area contributed by atoms with Crippen molar-refractivity contribution in [3.05, 3.63) is 64.7 Å². The Balaban J connectivity index is 1.03. The van der Waals surface area contributed by atoms with Gasteiger partial charge in [0, 0.05) is 43.1 Å². The van der Waals surface area contributed by atoms with Gasteiger partial charge >= 0.3 is 0 Å². The average molecular weight is 511 g/mol. The monoisotopic (exact) mass is 510 g/mol. The molecule has 0 spiro atoms. The summed E-state index contributed by atoms with van der Waals surface area (Å²) in [5.41, 5.74) is 2.54. The zero-order chi connectivity index (χ0) is 26.0. The van der Waals surface area contributed by atoms with Crippen LogP contribution in [0.1, 0.15) is 71.5 Å². The molecular formula is C30H30N4O4. The number of carbonyl (C=O) groups is 3. The number of nitrogens with zero attached hydrogens (tertiary/aromatic N) is 3. The number of nitrogens with one attached hydrogen (secondary N) is 1. The minimum atomic E-state index is -0.898. The first-order valence-corrected chi connectivity index (χ1v) is 13.7. The largest absolute Gasteiger partial charge is 0.489 e. The lowest BCUT2D eigenvalue weighted by Gasteiger charge is -2.53. The van der Waals surface area contributed by atoms with E-state index in [1.165, 1.54) is 12.0 Å². The van der Waals surface area contributed by atoms with Gasteiger partial charge in [-0.25, -0.2) is 0 Å². The van der Waals surface area contributed by atoms with E-state index in [4.69, 9.17) is 4.74 Å². The minimum Gasteiger partial charge on any atom is -0.489 e. The van der Waals surface area contributed by atoms with Crippen molar-refractivity contribution in [1.29, 1.82) is 5.26 Å². The van der Waals surface area contributed by atoms with E-state index in [9.17, 15) is 19.6 Å². The number of carbonyl (C=O) groups excluding carboxylic acids is 3. The molecule has 2 bridgehead atoms. The third kappa shape index (κ3) is 3.56. The fraction of sp³-hybridized carbons (Fsp3) is 0.467. The fourth-order valence-corrected chi connectivity index (χ4v) is 7.18. The number of rotatable bonds is 5. The highest BCUT2D eigenvalue weighted by molar-refractivity contribution is 6.10. The van der Waals surface area contributed by atoms with E-state index < -0.39 is 5.54 Å². The summed E-state index contributed by atoms with van der Waals surface area (Å²) in [5, 5.41) is 11.7. The van der Waals surface area contributed by atoms with Gasteiger partial charge in [-0.3, -0.25) is 24.6 Å². The van der Waals surface area contributed by atoms with Crippen molar-refractivity contribution in [3.63, 3.8) is 0 Å². The minimum absolute atomic E-state index is 0.0857. The number of fused-ring (bicyclic) bond motifs is 3. The van der Waals surface area contributed by atoms with E-state index in [1.54, 1.807) is 4.90 Å². The summed E-state index contributed by atoms with van der Waals surface area (Å²) in [5.74, 6) is 0.324. The van der Waals surface area contributed by atoms with Gasteiger partial charge in [-0.1, -0.05) is 18.6 Å². The molecule has 8 heteroatoms. The van der Waals surface area contributed by atoms with Crippen molar-refractivity contribution in [2.24, 2.45) is 5.92 Å². The summed E-state index contributed by atoms with van der Waals surface area (Å²) >= 11 is 0. The molecule has 4 heterocycles. The second kappa shape index (κ2) is 8.67. The molecule has 2 atom stereocenters. The molecule has 6 aliphatic rings. The highest BCUT2D eigenvalue weighted by atomic mass is 16.5. The van der Waals surface area contributed by atoms with Gasteiger partial charge in [0.15, 0.2) is 0 Å². The Morgan fingerprint density at radius 1 is 1.00 bits per heavy atom. The number of imide groups is 1. The summed E-state index contributed by atoms with van der Waals surface area (Å²) < 4.78 is 6.58. The fourth-order valence-electron chi connectivity index (χ4n) is 7.18. The molecule has 3 amide bonds. The first-order chi connectivity index (χ1) is 18.4. The third-order valence-corrected chi connectivity index (χ3v) is 9.42. The Hall–Kier alpha value is -3.70. The van der Waals surface area contributed by atoms with Crippen LogP contribution in [0.2, 0.25) is 0 Å². The molecule has 2 aromatic carbocycles. The predicted molar refractivity (Wildman–Crippen MR) is 137 cm³/mol. The van der Waals surface area contributed by atoms with Gasteiger partial charge in [0.1, 0.15) is 17.4 Å². The highest BCUT2D eigenvalue weighted by Crippen LogP contribution is 2.49. The maximum absolute atomic E-state index is 13.2. The summed E-state index contributed by atoms with van der Waals surface area (Å²) in [7, 11) is 0. The van der Waals surface area contributed by atoms with Crippen molar-refractivity contribution in [2.45, 2.75) is 68.7 Å². The molecule has 0 unspecified atom stereocenters. The van der Waals surface area contributed by atoms with Crippen molar-refractivity contribution in [2.75, 3.05) is 13.1 Å². The number of likely N-dealkylation sites (tertiary alicyclic amines) is 1. The molecule has 2 aromatic rings. The van der Waals surface area contributed by atoms with Gasteiger partial charge in [-0.15, -0.1) is 0 Å². The molecule has 8 nitrogen and oxygen atoms in total. The first kappa shape index (κ1) is 23.4. The Morgan fingerprint density at radius 2 is 1.82 bits per heavy atom. The Kier molecular flexibility index (Phi) is 5.34. The maximum atomic E-state index is 13.2. The topological polar surface area (TPSA) is 103 Å². The van der Waals surface area contributed by atoms with Gasteiger partial charge < -0.3 is 9.64 Å². The van der Waals surface area contributed by atoms with E-state index >= 15 is 0 Å². The second-order valence-corrected chi connectivity index (χ2v) is 11.6. The van der Waals surface area contributed by atoms with Crippen molar-refractivity contribution in [3.8, 4) is 11.8 Å². The van der Waals surface area contributed by atoms with E-state index in [0.29, 0.717) is 42.5 Å². The smallest absolute Gasteiger partial charge is 0.255 e. The molecule has 1 N–H and O–H groups in total. The Bertz CT molecular complexity index is 1380. The van der Waals surface area contributed by atoms with Crippen LogP contribution >= 0.6 is 0 Å². The van der Waals surface area contributed by atoms with Gasteiger partial charge in [0.25, 0.3) is 11.8 Å². The SMILES string of the molecule is N#Cc1cccc(C2CN([C@H]3CCCC[C@H]3Oc3ccc4c(c3)CN(C35CC(C3)C(=O)NC5=O)C4=O)C2)c1. The normalized spacial score (nSPS) is 30.7. The standard InChI is InChI=1S/C30H30N4O4/c31-14-18-4-3-5-19(10-18)22-15-33(16-22)25-6-1-2-7-26(25)38-23-8-9-24-20(11-23)17-34(28(24)36)30-12-21(13-30)27(35)32-29(30)37/h3-5,8-11,21-22,25-26H,1-2,6-7,12-13,15-17H2,(H,32,35,37)/t21?,25-,26+,30?/m0/s1. The summed E-state index contributed by atoms with van der Waals surface area (Å²) in [4.78, 5) is 42.0. The lowest BCUT2D eigenvalue weighted by atomic mass is 9.63. The average Bonchev–Trinajstić information content (AvgIpc) is 3.19. The number of hydrogen-bond acceptors (Lipinski definition) is 6. The van der Waals surface area contributed by atoms with Crippen LogP contribution in [-0.2, 0) is 16.1 Å². The van der Waals surface area contributed by atoms with Crippen LogP contribution in [0.15, 0.2) is 42.5 Å². The van der Waals surface area contributed by atoms with Crippen LogP contribution in [0.4, 0.5) is 0 Å². The van der Waals surface area contributed by atoms with Crippen molar-refractivity contribution < 1.29 is 19.1 Å². The van der Waals surface area contributed by atoms with Crippen LogP contribution in [-0.4, -0.2) is 58.3 Å². The molecule has 38 heavy (non-hydrogen) atoms. The van der Waals surface area contributed by atoms with Crippen LogP contribution in [0.5, 0.6) is 5.75 Å². The Labute approximate surface area is 221 Å². The molecule has 2 saturated carbocycles. The van der Waals surface area contributed by atoms with Crippen LogP contribution in [0, 0.1) is 17.2 Å². The Morgan fingerprint density at radius 3 is 2.61 bits per heavy atom. The molecule has 4 aliphatic heterocycles. The molecule has 194 valence electrons.